The topological polar surface area (TPSA) is 32.6 Å². The second-order valence-electron chi connectivity index (χ2n) is 4.05. The van der Waals surface area contributed by atoms with E-state index in [9.17, 15) is 0 Å². The number of rotatable bonds is 2. The lowest BCUT2D eigenvalue weighted by Gasteiger charge is -2.19. The minimum absolute atomic E-state index is 0.785. The van der Waals surface area contributed by atoms with Crippen LogP contribution in [-0.4, -0.2) is 10.9 Å². The zero-order valence-corrected chi connectivity index (χ0v) is 9.16. The van der Waals surface area contributed by atoms with E-state index >= 15 is 0 Å². The Bertz CT molecular complexity index is 382. The molecule has 0 saturated heterocycles. The molecule has 80 valence electrons. The van der Waals surface area contributed by atoms with Crippen molar-refractivity contribution in [2.24, 2.45) is 5.16 Å². The Morgan fingerprint density at radius 3 is 2.87 bits per heavy atom. The van der Waals surface area contributed by atoms with E-state index in [1.54, 1.807) is 0 Å². The fourth-order valence-electron chi connectivity index (χ4n) is 2.37. The Morgan fingerprint density at radius 1 is 1.33 bits per heavy atom. The largest absolute Gasteiger partial charge is 0.411 e. The van der Waals surface area contributed by atoms with E-state index in [1.165, 1.54) is 30.4 Å². The first-order valence-corrected chi connectivity index (χ1v) is 5.69. The van der Waals surface area contributed by atoms with Crippen LogP contribution >= 0.6 is 0 Å². The molecule has 0 fully saturated rings. The van der Waals surface area contributed by atoms with Crippen LogP contribution < -0.4 is 0 Å². The van der Waals surface area contributed by atoms with Crippen molar-refractivity contribution in [3.8, 4) is 0 Å². The Balaban J connectivity index is 2.47. The molecule has 1 aromatic carbocycles. The monoisotopic (exact) mass is 203 g/mol. The Labute approximate surface area is 90.6 Å². The molecule has 1 N–H and O–H groups in total. The fourth-order valence-corrected chi connectivity index (χ4v) is 2.37. The highest BCUT2D eigenvalue weighted by atomic mass is 16.4. The number of oxime groups is 1. The summed E-state index contributed by atoms with van der Waals surface area (Å²) >= 11 is 0. The average Bonchev–Trinajstić information content (AvgIpc) is 2.31. The van der Waals surface area contributed by atoms with Gasteiger partial charge in [-0.2, -0.15) is 0 Å². The molecule has 0 saturated carbocycles. The molecule has 2 rings (SSSR count). The second-order valence-corrected chi connectivity index (χ2v) is 4.05. The molecule has 1 aliphatic carbocycles. The average molecular weight is 203 g/mol. The molecule has 1 aromatic rings. The normalized spacial score (nSPS) is 16.2. The Morgan fingerprint density at radius 2 is 2.13 bits per heavy atom. The molecular weight excluding hydrogens is 186 g/mol. The van der Waals surface area contributed by atoms with Gasteiger partial charge in [-0.15, -0.1) is 0 Å². The lowest BCUT2D eigenvalue weighted by Crippen LogP contribution is -2.10. The quantitative estimate of drug-likeness (QED) is 0.447. The summed E-state index contributed by atoms with van der Waals surface area (Å²) in [4.78, 5) is 0. The summed E-state index contributed by atoms with van der Waals surface area (Å²) in [6.45, 7) is 2.03. The number of aryl methyl sites for hydroxylation is 1. The lowest BCUT2D eigenvalue weighted by atomic mass is 9.86. The number of hydrogen-bond donors (Lipinski definition) is 1. The zero-order valence-electron chi connectivity index (χ0n) is 9.16. The van der Waals surface area contributed by atoms with Gasteiger partial charge in [0, 0.05) is 5.56 Å². The highest BCUT2D eigenvalue weighted by Crippen LogP contribution is 2.25. The molecule has 15 heavy (non-hydrogen) atoms. The number of fused-ring (bicyclic) bond motifs is 1. The van der Waals surface area contributed by atoms with Crippen LogP contribution in [0.1, 0.15) is 42.9 Å². The molecule has 0 heterocycles. The highest BCUT2D eigenvalue weighted by molar-refractivity contribution is 6.01. The minimum Gasteiger partial charge on any atom is -0.411 e. The van der Waals surface area contributed by atoms with Gasteiger partial charge in [0.2, 0.25) is 0 Å². The van der Waals surface area contributed by atoms with Crippen LogP contribution in [-0.2, 0) is 12.8 Å². The van der Waals surface area contributed by atoms with Crippen molar-refractivity contribution in [2.75, 3.05) is 0 Å². The second kappa shape index (κ2) is 4.47. The maximum absolute atomic E-state index is 8.97. The van der Waals surface area contributed by atoms with Crippen LogP contribution in [0.2, 0.25) is 0 Å². The van der Waals surface area contributed by atoms with Crippen LogP contribution in [0.25, 0.3) is 0 Å². The summed E-state index contributed by atoms with van der Waals surface area (Å²) in [6.07, 6.45) is 5.63. The molecule has 0 radical (unpaired) electrons. The predicted molar refractivity (Wildman–Crippen MR) is 61.7 cm³/mol. The summed E-state index contributed by atoms with van der Waals surface area (Å²) in [7, 11) is 0. The minimum atomic E-state index is 0.785. The smallest absolute Gasteiger partial charge is 0.0867 e. The van der Waals surface area contributed by atoms with E-state index in [1.807, 2.05) is 6.92 Å². The third-order valence-electron chi connectivity index (χ3n) is 3.16. The number of nitrogens with zero attached hydrogens (tertiary/aromatic N) is 1. The van der Waals surface area contributed by atoms with E-state index < -0.39 is 0 Å². The van der Waals surface area contributed by atoms with Crippen LogP contribution in [0.15, 0.2) is 23.4 Å². The van der Waals surface area contributed by atoms with Gasteiger partial charge in [-0.3, -0.25) is 0 Å². The fraction of sp³-hybridized carbons (Fsp3) is 0.462. The van der Waals surface area contributed by atoms with Gasteiger partial charge < -0.3 is 5.21 Å². The van der Waals surface area contributed by atoms with E-state index in [-0.39, 0.29) is 0 Å². The Kier molecular flexibility index (Phi) is 3.05. The molecule has 0 spiro atoms. The maximum atomic E-state index is 8.97. The third kappa shape index (κ3) is 1.89. The summed E-state index contributed by atoms with van der Waals surface area (Å²) in [5.74, 6) is 0. The van der Waals surface area contributed by atoms with Gasteiger partial charge in [-0.25, -0.2) is 0 Å². The summed E-state index contributed by atoms with van der Waals surface area (Å²) in [5, 5.41) is 12.4. The van der Waals surface area contributed by atoms with Gasteiger partial charge >= 0.3 is 0 Å². The molecule has 2 heteroatoms. The highest BCUT2D eigenvalue weighted by Gasteiger charge is 2.15. The Hall–Kier alpha value is -1.31. The van der Waals surface area contributed by atoms with Crippen LogP contribution in [0.4, 0.5) is 0 Å². The molecule has 0 aliphatic heterocycles. The summed E-state index contributed by atoms with van der Waals surface area (Å²) < 4.78 is 0. The van der Waals surface area contributed by atoms with Crippen molar-refractivity contribution in [3.05, 3.63) is 34.9 Å². The van der Waals surface area contributed by atoms with Gasteiger partial charge in [-0.1, -0.05) is 30.3 Å². The van der Waals surface area contributed by atoms with Gasteiger partial charge in [-0.05, 0) is 43.2 Å². The van der Waals surface area contributed by atoms with Crippen molar-refractivity contribution >= 4 is 5.71 Å². The molecule has 1 aliphatic rings. The molecule has 2 nitrogen and oxygen atoms in total. The zero-order chi connectivity index (χ0) is 10.7. The first-order valence-electron chi connectivity index (χ1n) is 5.69. The van der Waals surface area contributed by atoms with Crippen molar-refractivity contribution in [3.63, 3.8) is 0 Å². The molecule has 0 bridgehead atoms. The van der Waals surface area contributed by atoms with E-state index in [4.69, 9.17) is 5.21 Å². The summed E-state index contributed by atoms with van der Waals surface area (Å²) in [5.41, 5.74) is 4.80. The third-order valence-corrected chi connectivity index (χ3v) is 3.16. The lowest BCUT2D eigenvalue weighted by molar-refractivity contribution is 0.318. The van der Waals surface area contributed by atoms with Gasteiger partial charge in [0.25, 0.3) is 0 Å². The standard InChI is InChI=1S/C13H17NO/c1-2-13(14-15)12-9-5-7-10-6-3-4-8-11(10)12/h5,7,9,15H,2-4,6,8H2,1H3. The van der Waals surface area contributed by atoms with Crippen molar-refractivity contribution in [2.45, 2.75) is 39.0 Å². The SMILES string of the molecule is CCC(=NO)c1cccc2c1CCCC2. The number of hydrogen-bond acceptors (Lipinski definition) is 2. The molecule has 0 unspecified atom stereocenters. The van der Waals surface area contributed by atoms with Crippen LogP contribution in [0.3, 0.4) is 0 Å². The van der Waals surface area contributed by atoms with E-state index in [2.05, 4.69) is 23.4 Å². The van der Waals surface area contributed by atoms with Gasteiger partial charge in [0.05, 0.1) is 5.71 Å². The van der Waals surface area contributed by atoms with E-state index in [0.717, 1.165) is 24.1 Å². The summed E-state index contributed by atoms with van der Waals surface area (Å²) in [6, 6.07) is 6.34. The predicted octanol–water partition coefficient (Wildman–Crippen LogP) is 3.15. The molecule has 0 aromatic heterocycles. The van der Waals surface area contributed by atoms with Gasteiger partial charge in [0.1, 0.15) is 0 Å². The molecule has 0 atom stereocenters. The van der Waals surface area contributed by atoms with E-state index in [0.29, 0.717) is 0 Å². The first-order chi connectivity index (χ1) is 7.36. The van der Waals surface area contributed by atoms with Crippen LogP contribution in [0, 0.1) is 0 Å². The molecular formula is C13H17NO. The first kappa shape index (κ1) is 10.2. The van der Waals surface area contributed by atoms with Crippen molar-refractivity contribution < 1.29 is 5.21 Å². The van der Waals surface area contributed by atoms with Crippen molar-refractivity contribution in [1.82, 2.24) is 0 Å². The molecule has 0 amide bonds. The van der Waals surface area contributed by atoms with Crippen LogP contribution in [0.5, 0.6) is 0 Å². The maximum Gasteiger partial charge on any atom is 0.0867 e. The van der Waals surface area contributed by atoms with Crippen molar-refractivity contribution in [1.29, 1.82) is 0 Å². The van der Waals surface area contributed by atoms with Gasteiger partial charge in [0.15, 0.2) is 0 Å². The number of benzene rings is 1.